The van der Waals surface area contributed by atoms with Crippen LogP contribution < -0.4 is 0 Å². The van der Waals surface area contributed by atoms with Crippen LogP contribution in [0.4, 0.5) is 0 Å². The summed E-state index contributed by atoms with van der Waals surface area (Å²) in [6.07, 6.45) is 0. The number of halogens is 3. The van der Waals surface area contributed by atoms with Crippen molar-refractivity contribution in [2.45, 2.75) is 28.3 Å². The van der Waals surface area contributed by atoms with E-state index in [1.54, 1.807) is 0 Å². The topological polar surface area (TPSA) is 0 Å². The summed E-state index contributed by atoms with van der Waals surface area (Å²) in [5.41, 5.74) is 7.60. The SMILES string of the molecule is CC(c1ccc(CBr)cc1)(c1cccc(CBr)c1)c1cccc(CBr)c1. The molecule has 0 aliphatic heterocycles. The van der Waals surface area contributed by atoms with E-state index in [2.05, 4.69) is 128 Å². The minimum Gasteiger partial charge on any atom is -0.0876 e. The number of hydrogen-bond acceptors (Lipinski definition) is 0. The minimum absolute atomic E-state index is 0.207. The van der Waals surface area contributed by atoms with E-state index in [0.29, 0.717) is 0 Å². The lowest BCUT2D eigenvalue weighted by Gasteiger charge is -2.33. The first-order valence-electron chi connectivity index (χ1n) is 8.58. The highest BCUT2D eigenvalue weighted by Crippen LogP contribution is 2.40. The molecule has 0 bridgehead atoms. The van der Waals surface area contributed by atoms with Crippen LogP contribution in [0.5, 0.6) is 0 Å². The van der Waals surface area contributed by atoms with Crippen LogP contribution in [0.15, 0.2) is 72.8 Å². The van der Waals surface area contributed by atoms with Crippen molar-refractivity contribution in [2.75, 3.05) is 0 Å². The summed E-state index contributed by atoms with van der Waals surface area (Å²) in [6, 6.07) is 26.7. The van der Waals surface area contributed by atoms with Crippen molar-refractivity contribution in [2.24, 2.45) is 0 Å². The Kier molecular flexibility index (Phi) is 6.76. The van der Waals surface area contributed by atoms with E-state index in [0.717, 1.165) is 16.0 Å². The molecule has 0 saturated carbocycles. The summed E-state index contributed by atoms with van der Waals surface area (Å²) < 4.78 is 0. The van der Waals surface area contributed by atoms with Gasteiger partial charge in [-0.1, -0.05) is 121 Å². The molecule has 0 heterocycles. The molecule has 0 saturated heterocycles. The molecule has 3 aromatic rings. The van der Waals surface area contributed by atoms with Crippen LogP contribution in [-0.2, 0) is 21.4 Å². The lowest BCUT2D eigenvalue weighted by Crippen LogP contribution is -2.25. The van der Waals surface area contributed by atoms with E-state index < -0.39 is 0 Å². The third-order valence-electron chi connectivity index (χ3n) is 5.00. The zero-order valence-corrected chi connectivity index (χ0v) is 19.4. The van der Waals surface area contributed by atoms with Crippen molar-refractivity contribution in [3.8, 4) is 0 Å². The second-order valence-electron chi connectivity index (χ2n) is 6.62. The molecular weight excluding hydrogens is 516 g/mol. The van der Waals surface area contributed by atoms with Crippen molar-refractivity contribution in [1.82, 2.24) is 0 Å². The van der Waals surface area contributed by atoms with E-state index in [4.69, 9.17) is 0 Å². The maximum atomic E-state index is 3.60. The van der Waals surface area contributed by atoms with Crippen LogP contribution in [-0.4, -0.2) is 0 Å². The van der Waals surface area contributed by atoms with Gasteiger partial charge in [0.2, 0.25) is 0 Å². The van der Waals surface area contributed by atoms with Gasteiger partial charge >= 0.3 is 0 Å². The van der Waals surface area contributed by atoms with Crippen LogP contribution in [0.3, 0.4) is 0 Å². The summed E-state index contributed by atoms with van der Waals surface area (Å²) in [5.74, 6) is 0. The first-order valence-corrected chi connectivity index (χ1v) is 11.9. The monoisotopic (exact) mass is 534 g/mol. The van der Waals surface area contributed by atoms with Crippen LogP contribution in [0.1, 0.15) is 40.3 Å². The van der Waals surface area contributed by atoms with Crippen molar-refractivity contribution in [1.29, 1.82) is 0 Å². The molecule has 0 nitrogen and oxygen atoms in total. The highest BCUT2D eigenvalue weighted by molar-refractivity contribution is 9.09. The molecule has 0 aromatic heterocycles. The van der Waals surface area contributed by atoms with Gasteiger partial charge in [-0.3, -0.25) is 0 Å². The molecule has 0 atom stereocenters. The molecule has 0 N–H and O–H groups in total. The Bertz CT molecular complexity index is 821. The molecule has 3 heteroatoms. The van der Waals surface area contributed by atoms with Crippen molar-refractivity contribution in [3.63, 3.8) is 0 Å². The standard InChI is InChI=1S/C23H21Br3/c1-23(20-10-8-17(14-24)9-11-20,21-6-2-4-18(12-21)15-25)22-7-3-5-19(13-22)16-26/h2-13H,14-16H2,1H3. The maximum Gasteiger partial charge on any atom is 0.0423 e. The smallest absolute Gasteiger partial charge is 0.0423 e. The molecule has 26 heavy (non-hydrogen) atoms. The molecule has 134 valence electrons. The van der Waals surface area contributed by atoms with Gasteiger partial charge in [-0.15, -0.1) is 0 Å². The summed E-state index contributed by atoms with van der Waals surface area (Å²) >= 11 is 10.8. The number of rotatable bonds is 6. The van der Waals surface area contributed by atoms with Crippen LogP contribution in [0, 0.1) is 0 Å². The summed E-state index contributed by atoms with van der Waals surface area (Å²) in [7, 11) is 0. The van der Waals surface area contributed by atoms with Gasteiger partial charge in [0.25, 0.3) is 0 Å². The molecule has 0 fully saturated rings. The highest BCUT2D eigenvalue weighted by atomic mass is 79.9. The Hall–Kier alpha value is -0.900. The fourth-order valence-electron chi connectivity index (χ4n) is 3.36. The van der Waals surface area contributed by atoms with Gasteiger partial charge in [0.15, 0.2) is 0 Å². The normalized spacial score (nSPS) is 11.5. The summed E-state index contributed by atoms with van der Waals surface area (Å²) in [6.45, 7) is 2.33. The summed E-state index contributed by atoms with van der Waals surface area (Å²) in [5, 5.41) is 2.60. The fourth-order valence-corrected chi connectivity index (χ4v) is 4.43. The molecule has 0 aliphatic rings. The van der Waals surface area contributed by atoms with Gasteiger partial charge in [0.05, 0.1) is 0 Å². The van der Waals surface area contributed by atoms with Gasteiger partial charge < -0.3 is 0 Å². The highest BCUT2D eigenvalue weighted by Gasteiger charge is 2.31. The molecule has 0 unspecified atom stereocenters. The van der Waals surface area contributed by atoms with E-state index in [9.17, 15) is 0 Å². The predicted molar refractivity (Wildman–Crippen MR) is 123 cm³/mol. The van der Waals surface area contributed by atoms with E-state index in [-0.39, 0.29) is 5.41 Å². The Labute approximate surface area is 181 Å². The van der Waals surface area contributed by atoms with Gasteiger partial charge in [-0.25, -0.2) is 0 Å². The molecule has 0 aliphatic carbocycles. The molecule has 3 aromatic carbocycles. The average Bonchev–Trinajstić information content (AvgIpc) is 2.73. The Morgan fingerprint density at radius 1 is 0.577 bits per heavy atom. The third-order valence-corrected chi connectivity index (χ3v) is 6.95. The molecule has 0 radical (unpaired) electrons. The zero-order valence-electron chi connectivity index (χ0n) is 14.7. The van der Waals surface area contributed by atoms with Gasteiger partial charge in [0.1, 0.15) is 0 Å². The number of benzene rings is 3. The molecule has 0 amide bonds. The number of hydrogen-bond donors (Lipinski definition) is 0. The Morgan fingerprint density at radius 3 is 1.46 bits per heavy atom. The van der Waals surface area contributed by atoms with Gasteiger partial charge in [-0.2, -0.15) is 0 Å². The minimum atomic E-state index is -0.207. The lowest BCUT2D eigenvalue weighted by atomic mass is 9.70. The van der Waals surface area contributed by atoms with Crippen molar-refractivity contribution in [3.05, 3.63) is 106 Å². The van der Waals surface area contributed by atoms with Gasteiger partial charge in [0, 0.05) is 21.4 Å². The second-order valence-corrected chi connectivity index (χ2v) is 8.31. The van der Waals surface area contributed by atoms with E-state index >= 15 is 0 Å². The quantitative estimate of drug-likeness (QED) is 0.223. The Balaban J connectivity index is 2.22. The predicted octanol–water partition coefficient (Wildman–Crippen LogP) is 7.73. The zero-order chi connectivity index (χ0) is 18.6. The van der Waals surface area contributed by atoms with Crippen LogP contribution in [0.2, 0.25) is 0 Å². The Morgan fingerprint density at radius 2 is 1.04 bits per heavy atom. The van der Waals surface area contributed by atoms with E-state index in [1.807, 2.05) is 0 Å². The molecule has 3 rings (SSSR count). The van der Waals surface area contributed by atoms with Gasteiger partial charge in [-0.05, 0) is 40.3 Å². The maximum absolute atomic E-state index is 3.60. The summed E-state index contributed by atoms with van der Waals surface area (Å²) in [4.78, 5) is 0. The second kappa shape index (κ2) is 8.86. The lowest BCUT2D eigenvalue weighted by molar-refractivity contribution is 0.690. The van der Waals surface area contributed by atoms with Crippen molar-refractivity contribution >= 4 is 47.8 Å². The van der Waals surface area contributed by atoms with Crippen LogP contribution in [0.25, 0.3) is 0 Å². The van der Waals surface area contributed by atoms with Crippen LogP contribution >= 0.6 is 47.8 Å². The first-order chi connectivity index (χ1) is 12.6. The average molecular weight is 537 g/mol. The molecular formula is C23H21Br3. The first kappa shape index (κ1) is 19.9. The largest absolute Gasteiger partial charge is 0.0876 e. The molecule has 0 spiro atoms. The number of alkyl halides is 3. The third kappa shape index (κ3) is 4.00. The van der Waals surface area contributed by atoms with Crippen molar-refractivity contribution < 1.29 is 0 Å². The fraction of sp³-hybridized carbons (Fsp3) is 0.217. The van der Waals surface area contributed by atoms with E-state index in [1.165, 1.54) is 33.4 Å².